The highest BCUT2D eigenvalue weighted by molar-refractivity contribution is 7.22. The van der Waals surface area contributed by atoms with Crippen molar-refractivity contribution >= 4 is 56.1 Å². The smallest absolute Gasteiger partial charge is 0.204 e. The number of fused-ring (bicyclic) bond motifs is 1. The summed E-state index contributed by atoms with van der Waals surface area (Å²) >= 11 is 13.6. The van der Waals surface area contributed by atoms with E-state index >= 15 is 0 Å². The largest absolute Gasteiger partial charge is 0.342 e. The van der Waals surface area contributed by atoms with Crippen LogP contribution in [0.1, 0.15) is 11.3 Å². The summed E-state index contributed by atoms with van der Waals surface area (Å²) in [7, 11) is 0. The number of aromatic nitrogens is 2. The molecule has 130 valence electrons. The van der Waals surface area contributed by atoms with Crippen molar-refractivity contribution < 1.29 is 0 Å². The molecule has 7 heteroatoms. The molecule has 26 heavy (non-hydrogen) atoms. The lowest BCUT2D eigenvalue weighted by atomic mass is 10.2. The van der Waals surface area contributed by atoms with Gasteiger partial charge in [0.2, 0.25) is 5.13 Å². The number of benzene rings is 2. The molecule has 0 amide bonds. The van der Waals surface area contributed by atoms with Gasteiger partial charge in [0, 0.05) is 12.7 Å². The van der Waals surface area contributed by atoms with Gasteiger partial charge in [0.15, 0.2) is 0 Å². The maximum absolute atomic E-state index is 6.10. The van der Waals surface area contributed by atoms with E-state index in [0.29, 0.717) is 16.6 Å². The van der Waals surface area contributed by atoms with Crippen LogP contribution in [0, 0.1) is 0 Å². The molecule has 0 spiro atoms. The topological polar surface area (TPSA) is 42.2 Å². The molecule has 0 aliphatic carbocycles. The van der Waals surface area contributed by atoms with Gasteiger partial charge in [-0.1, -0.05) is 52.7 Å². The first-order valence-electron chi connectivity index (χ1n) is 7.93. The van der Waals surface area contributed by atoms with Crippen molar-refractivity contribution in [3.8, 4) is 0 Å². The van der Waals surface area contributed by atoms with Crippen molar-refractivity contribution in [1.82, 2.24) is 9.55 Å². The third kappa shape index (κ3) is 3.75. The fraction of sp³-hybridized carbons (Fsp3) is 0.0526. The number of nitrogens with one attached hydrogen (secondary N) is 1. The quantitative estimate of drug-likeness (QED) is 0.334. The van der Waals surface area contributed by atoms with Crippen LogP contribution in [-0.2, 0) is 6.54 Å². The SMILES string of the molecule is Clc1ccc(Cn2cccc2/C=N/Nc2nc3ccccc3s2)cc1Cl. The third-order valence-electron chi connectivity index (χ3n) is 3.85. The van der Waals surface area contributed by atoms with Gasteiger partial charge in [0.1, 0.15) is 0 Å². The fourth-order valence-electron chi connectivity index (χ4n) is 2.60. The number of hydrogen-bond acceptors (Lipinski definition) is 4. The number of thiazole rings is 1. The van der Waals surface area contributed by atoms with Gasteiger partial charge in [0.25, 0.3) is 0 Å². The first kappa shape index (κ1) is 17.1. The second-order valence-corrected chi connectivity index (χ2v) is 7.51. The molecule has 0 aliphatic rings. The first-order valence-corrected chi connectivity index (χ1v) is 9.50. The lowest BCUT2D eigenvalue weighted by Crippen LogP contribution is -2.03. The summed E-state index contributed by atoms with van der Waals surface area (Å²) in [5.41, 5.74) is 6.03. The van der Waals surface area contributed by atoms with Crippen molar-refractivity contribution in [2.45, 2.75) is 6.54 Å². The van der Waals surface area contributed by atoms with Crippen LogP contribution in [0.2, 0.25) is 10.0 Å². The van der Waals surface area contributed by atoms with Crippen LogP contribution in [0.25, 0.3) is 10.2 Å². The van der Waals surface area contributed by atoms with E-state index in [2.05, 4.69) is 20.1 Å². The lowest BCUT2D eigenvalue weighted by molar-refractivity contribution is 0.800. The Morgan fingerprint density at radius 3 is 2.81 bits per heavy atom. The maximum atomic E-state index is 6.10. The molecule has 0 saturated carbocycles. The molecule has 0 bridgehead atoms. The average Bonchev–Trinajstić information content (AvgIpc) is 3.24. The van der Waals surface area contributed by atoms with Crippen molar-refractivity contribution in [2.75, 3.05) is 5.43 Å². The summed E-state index contributed by atoms with van der Waals surface area (Å²) in [5.74, 6) is 0. The highest BCUT2D eigenvalue weighted by atomic mass is 35.5. The third-order valence-corrected chi connectivity index (χ3v) is 5.53. The Balaban J connectivity index is 1.47. The van der Waals surface area contributed by atoms with Crippen molar-refractivity contribution in [2.24, 2.45) is 5.10 Å². The predicted molar refractivity (Wildman–Crippen MR) is 111 cm³/mol. The Morgan fingerprint density at radius 2 is 1.96 bits per heavy atom. The zero-order chi connectivity index (χ0) is 17.9. The van der Waals surface area contributed by atoms with E-state index in [4.69, 9.17) is 23.2 Å². The molecule has 1 N–H and O–H groups in total. The monoisotopic (exact) mass is 400 g/mol. The van der Waals surface area contributed by atoms with Crippen molar-refractivity contribution in [3.05, 3.63) is 82.1 Å². The van der Waals surface area contributed by atoms with Crippen LogP contribution >= 0.6 is 34.5 Å². The van der Waals surface area contributed by atoms with E-state index in [1.807, 2.05) is 60.8 Å². The van der Waals surface area contributed by atoms with Crippen LogP contribution in [0.15, 0.2) is 65.9 Å². The number of hydrogen-bond donors (Lipinski definition) is 1. The van der Waals surface area contributed by atoms with Crippen LogP contribution in [0.5, 0.6) is 0 Å². The maximum Gasteiger partial charge on any atom is 0.204 e. The van der Waals surface area contributed by atoms with E-state index in [1.54, 1.807) is 17.6 Å². The average molecular weight is 401 g/mol. The van der Waals surface area contributed by atoms with E-state index in [0.717, 1.165) is 26.6 Å². The molecule has 0 radical (unpaired) electrons. The second kappa shape index (κ2) is 7.50. The molecule has 0 aliphatic heterocycles. The van der Waals surface area contributed by atoms with Gasteiger partial charge < -0.3 is 4.57 Å². The highest BCUT2D eigenvalue weighted by Gasteiger charge is 2.04. The number of nitrogens with zero attached hydrogens (tertiary/aromatic N) is 3. The Hall–Kier alpha value is -2.34. The Labute approximate surface area is 164 Å². The minimum atomic E-state index is 0.559. The molecule has 0 atom stereocenters. The summed E-state index contributed by atoms with van der Waals surface area (Å²) < 4.78 is 3.22. The molecular weight excluding hydrogens is 387 g/mol. The van der Waals surface area contributed by atoms with Gasteiger partial charge in [-0.05, 0) is 42.0 Å². The van der Waals surface area contributed by atoms with Crippen LogP contribution in [-0.4, -0.2) is 15.8 Å². The number of halogens is 2. The number of anilines is 1. The summed E-state index contributed by atoms with van der Waals surface area (Å²) in [6.07, 6.45) is 3.78. The molecule has 2 heterocycles. The van der Waals surface area contributed by atoms with Crippen molar-refractivity contribution in [3.63, 3.8) is 0 Å². The van der Waals surface area contributed by atoms with Gasteiger partial charge in [0.05, 0.1) is 32.2 Å². The van der Waals surface area contributed by atoms with Crippen LogP contribution in [0.3, 0.4) is 0 Å². The molecule has 2 aromatic carbocycles. The minimum Gasteiger partial charge on any atom is -0.342 e. The summed E-state index contributed by atoms with van der Waals surface area (Å²) in [6, 6.07) is 17.7. The zero-order valence-electron chi connectivity index (χ0n) is 13.6. The fourth-order valence-corrected chi connectivity index (χ4v) is 3.73. The lowest BCUT2D eigenvalue weighted by Gasteiger charge is -2.07. The number of hydrazone groups is 1. The second-order valence-electron chi connectivity index (χ2n) is 5.67. The van der Waals surface area contributed by atoms with Crippen LogP contribution in [0.4, 0.5) is 5.13 Å². The summed E-state index contributed by atoms with van der Waals surface area (Å²) in [6.45, 7) is 0.687. The van der Waals surface area contributed by atoms with Gasteiger partial charge in [-0.15, -0.1) is 0 Å². The molecular formula is C19H14Cl2N4S. The molecule has 0 saturated heterocycles. The number of rotatable bonds is 5. The molecule has 4 rings (SSSR count). The van der Waals surface area contributed by atoms with E-state index in [9.17, 15) is 0 Å². The Bertz CT molecular complexity index is 1050. The normalized spacial score (nSPS) is 11.5. The molecule has 4 nitrogen and oxygen atoms in total. The van der Waals surface area contributed by atoms with Gasteiger partial charge >= 0.3 is 0 Å². The summed E-state index contributed by atoms with van der Waals surface area (Å²) in [4.78, 5) is 4.50. The van der Waals surface area contributed by atoms with E-state index in [-0.39, 0.29) is 0 Å². The van der Waals surface area contributed by atoms with Gasteiger partial charge in [-0.2, -0.15) is 5.10 Å². The van der Waals surface area contributed by atoms with Crippen molar-refractivity contribution in [1.29, 1.82) is 0 Å². The Kier molecular flexibility index (Phi) is 4.93. The Morgan fingerprint density at radius 1 is 1.08 bits per heavy atom. The highest BCUT2D eigenvalue weighted by Crippen LogP contribution is 2.25. The molecule has 0 unspecified atom stereocenters. The standard InChI is InChI=1S/C19H14Cl2N4S/c20-15-8-7-13(10-16(15)21)12-25-9-3-4-14(25)11-22-24-19-23-17-5-1-2-6-18(17)26-19/h1-11H,12H2,(H,23,24)/b22-11+. The summed E-state index contributed by atoms with van der Waals surface area (Å²) in [5, 5.41) is 6.21. The minimum absolute atomic E-state index is 0.559. The van der Waals surface area contributed by atoms with Gasteiger partial charge in [-0.25, -0.2) is 4.98 Å². The predicted octanol–water partition coefficient (Wildman–Crippen LogP) is 5.90. The number of para-hydroxylation sites is 1. The van der Waals surface area contributed by atoms with Gasteiger partial charge in [-0.3, -0.25) is 5.43 Å². The molecule has 0 fully saturated rings. The van der Waals surface area contributed by atoms with E-state index < -0.39 is 0 Å². The molecule has 4 aromatic rings. The first-order chi connectivity index (χ1) is 12.7. The van der Waals surface area contributed by atoms with Crippen LogP contribution < -0.4 is 5.43 Å². The molecule has 2 aromatic heterocycles. The van der Waals surface area contributed by atoms with E-state index in [1.165, 1.54) is 0 Å². The zero-order valence-corrected chi connectivity index (χ0v) is 15.9.